The van der Waals surface area contributed by atoms with Gasteiger partial charge >= 0.3 is 0 Å². The second-order valence-corrected chi connectivity index (χ2v) is 8.42. The van der Waals surface area contributed by atoms with E-state index in [1.54, 1.807) is 17.6 Å². The van der Waals surface area contributed by atoms with Crippen LogP contribution in [-0.4, -0.2) is 25.0 Å². The largest absolute Gasteiger partial charge is 0.371 e. The molecule has 0 bridgehead atoms. The fraction of sp³-hybridized carbons (Fsp3) is 0.238. The highest BCUT2D eigenvalue weighted by Gasteiger charge is 2.37. The molecule has 1 N–H and O–H groups in total. The van der Waals surface area contributed by atoms with Gasteiger partial charge in [-0.3, -0.25) is 8.54 Å². The number of hydrogen-bond acceptors (Lipinski definition) is 4. The predicted molar refractivity (Wildman–Crippen MR) is 113 cm³/mol. The molecule has 148 valence electrons. The minimum Gasteiger partial charge on any atom is -0.371 e. The Balaban J connectivity index is 1.84. The summed E-state index contributed by atoms with van der Waals surface area (Å²) >= 11 is 1.53. The first-order chi connectivity index (χ1) is 13.8. The third kappa shape index (κ3) is 2.45. The van der Waals surface area contributed by atoms with Crippen LogP contribution in [0, 0.1) is 18.6 Å². The molecule has 0 saturated carbocycles. The maximum atomic E-state index is 15.9. The molecule has 0 atom stereocenters. The number of rotatable bonds is 2. The van der Waals surface area contributed by atoms with E-state index in [4.69, 9.17) is 0 Å². The van der Waals surface area contributed by atoms with E-state index < -0.39 is 17.2 Å². The van der Waals surface area contributed by atoms with E-state index in [1.807, 2.05) is 48.5 Å². The minimum atomic E-state index is -0.628. The van der Waals surface area contributed by atoms with E-state index in [1.165, 1.54) is 18.0 Å². The molecule has 29 heavy (non-hydrogen) atoms. The Morgan fingerprint density at radius 1 is 1.14 bits per heavy atom. The molecule has 0 fully saturated rings. The van der Waals surface area contributed by atoms with Crippen molar-refractivity contribution < 1.29 is 8.78 Å². The van der Waals surface area contributed by atoms with Crippen molar-refractivity contribution in [3.63, 3.8) is 0 Å². The average Bonchev–Trinajstić information content (AvgIpc) is 3.26. The van der Waals surface area contributed by atoms with Gasteiger partial charge in [0.05, 0.1) is 22.3 Å². The maximum Gasteiger partial charge on any atom is 0.162 e. The Labute approximate surface area is 170 Å². The summed E-state index contributed by atoms with van der Waals surface area (Å²) in [5, 5.41) is 12.4. The molecule has 0 aliphatic carbocycles. The number of anilines is 1. The molecule has 2 aromatic carbocycles. The van der Waals surface area contributed by atoms with Crippen molar-refractivity contribution in [2.45, 2.75) is 26.3 Å². The molecule has 2 aromatic heterocycles. The van der Waals surface area contributed by atoms with Crippen LogP contribution in [0.25, 0.3) is 27.7 Å². The van der Waals surface area contributed by atoms with Gasteiger partial charge in [0.15, 0.2) is 11.6 Å². The molecule has 5 nitrogen and oxygen atoms in total. The van der Waals surface area contributed by atoms with Gasteiger partial charge in [-0.25, -0.2) is 8.78 Å². The van der Waals surface area contributed by atoms with Gasteiger partial charge in [0, 0.05) is 23.9 Å². The van der Waals surface area contributed by atoms with E-state index >= 15 is 8.78 Å². The van der Waals surface area contributed by atoms with Crippen LogP contribution in [-0.2, 0) is 5.54 Å². The molecular formula is C21H19F2N5S. The summed E-state index contributed by atoms with van der Waals surface area (Å²) in [6, 6.07) is 8.76. The molecule has 0 saturated heterocycles. The molecule has 0 amide bonds. The van der Waals surface area contributed by atoms with Crippen LogP contribution in [0.3, 0.4) is 0 Å². The standard InChI is InChI=1S/C21H19F2N5S/c1-11-25-26-20-21(2,3)24-15-10-14(22)17(18(23)19(15)28(11)20)13-6-5-7-16-12(13)8-9-27(16)29-4/h5-10,24H,1-4H3. The minimum absolute atomic E-state index is 0.0474. The lowest BCUT2D eigenvalue weighted by molar-refractivity contribution is 0.517. The Kier molecular flexibility index (Phi) is 3.80. The number of nitrogens with zero attached hydrogens (tertiary/aromatic N) is 4. The van der Waals surface area contributed by atoms with Crippen molar-refractivity contribution >= 4 is 28.5 Å². The smallest absolute Gasteiger partial charge is 0.162 e. The van der Waals surface area contributed by atoms with Gasteiger partial charge < -0.3 is 5.32 Å². The van der Waals surface area contributed by atoms with E-state index in [0.29, 0.717) is 22.9 Å². The summed E-state index contributed by atoms with van der Waals surface area (Å²) in [7, 11) is 0. The number of hydrogen-bond donors (Lipinski definition) is 1. The summed E-state index contributed by atoms with van der Waals surface area (Å²) in [6.07, 6.45) is 3.86. The lowest BCUT2D eigenvalue weighted by atomic mass is 9.95. The number of aromatic nitrogens is 4. The van der Waals surface area contributed by atoms with E-state index in [2.05, 4.69) is 15.5 Å². The molecule has 1 aliphatic rings. The lowest BCUT2D eigenvalue weighted by Gasteiger charge is -2.34. The van der Waals surface area contributed by atoms with Gasteiger partial charge in [0.2, 0.25) is 0 Å². The average molecular weight is 411 g/mol. The Bertz CT molecular complexity index is 1290. The Morgan fingerprint density at radius 2 is 1.93 bits per heavy atom. The molecule has 0 spiro atoms. The third-order valence-electron chi connectivity index (χ3n) is 5.41. The molecule has 3 heterocycles. The lowest BCUT2D eigenvalue weighted by Crippen LogP contribution is -2.36. The Hall–Kier alpha value is -2.87. The second-order valence-electron chi connectivity index (χ2n) is 7.66. The summed E-state index contributed by atoms with van der Waals surface area (Å²) in [6.45, 7) is 5.58. The first-order valence-electron chi connectivity index (χ1n) is 9.21. The highest BCUT2D eigenvalue weighted by Crippen LogP contribution is 2.43. The second kappa shape index (κ2) is 6.06. The number of halogens is 2. The summed E-state index contributed by atoms with van der Waals surface area (Å²) in [4.78, 5) is 0. The highest BCUT2D eigenvalue weighted by molar-refractivity contribution is 7.97. The molecule has 0 radical (unpaired) electrons. The molecule has 0 unspecified atom stereocenters. The van der Waals surface area contributed by atoms with Gasteiger partial charge in [-0.15, -0.1) is 10.2 Å². The number of fused-ring (bicyclic) bond motifs is 4. The van der Waals surface area contributed by atoms with Crippen molar-refractivity contribution in [1.29, 1.82) is 0 Å². The van der Waals surface area contributed by atoms with Crippen molar-refractivity contribution in [2.75, 3.05) is 11.6 Å². The topological polar surface area (TPSA) is 47.7 Å². The van der Waals surface area contributed by atoms with E-state index in [9.17, 15) is 0 Å². The fourth-order valence-electron chi connectivity index (χ4n) is 4.12. The van der Waals surface area contributed by atoms with Crippen LogP contribution in [0.2, 0.25) is 0 Å². The third-order valence-corrected chi connectivity index (χ3v) is 6.12. The summed E-state index contributed by atoms with van der Waals surface area (Å²) in [5.41, 5.74) is 1.41. The van der Waals surface area contributed by atoms with Crippen molar-refractivity contribution in [2.24, 2.45) is 0 Å². The van der Waals surface area contributed by atoms with Crippen LogP contribution in [0.15, 0.2) is 36.5 Å². The first kappa shape index (κ1) is 18.2. The van der Waals surface area contributed by atoms with Crippen LogP contribution < -0.4 is 5.32 Å². The maximum absolute atomic E-state index is 15.9. The molecule has 4 aromatic rings. The summed E-state index contributed by atoms with van der Waals surface area (Å²) in [5.74, 6) is -0.0931. The van der Waals surface area contributed by atoms with Crippen LogP contribution in [0.1, 0.15) is 25.5 Å². The number of nitrogens with one attached hydrogen (secondary N) is 1. The van der Waals surface area contributed by atoms with Gasteiger partial charge in [-0.2, -0.15) is 0 Å². The van der Waals surface area contributed by atoms with Crippen LogP contribution in [0.4, 0.5) is 14.5 Å². The molecule has 8 heteroatoms. The van der Waals surface area contributed by atoms with E-state index in [0.717, 1.165) is 10.9 Å². The monoisotopic (exact) mass is 411 g/mol. The fourth-order valence-corrected chi connectivity index (χ4v) is 4.66. The Morgan fingerprint density at radius 3 is 2.69 bits per heavy atom. The van der Waals surface area contributed by atoms with Gasteiger partial charge in [-0.05, 0) is 50.4 Å². The van der Waals surface area contributed by atoms with Gasteiger partial charge in [0.25, 0.3) is 0 Å². The zero-order valence-electron chi connectivity index (χ0n) is 16.4. The quantitative estimate of drug-likeness (QED) is 0.489. The summed E-state index contributed by atoms with van der Waals surface area (Å²) < 4.78 is 34.8. The normalized spacial score (nSPS) is 14.6. The van der Waals surface area contributed by atoms with Crippen molar-refractivity contribution in [3.8, 4) is 16.8 Å². The van der Waals surface area contributed by atoms with Crippen LogP contribution in [0.5, 0.6) is 0 Å². The molecule has 5 rings (SSSR count). The predicted octanol–water partition coefficient (Wildman–Crippen LogP) is 5.26. The van der Waals surface area contributed by atoms with Gasteiger partial charge in [0.1, 0.15) is 17.3 Å². The number of aryl methyl sites for hydroxylation is 1. The van der Waals surface area contributed by atoms with Gasteiger partial charge in [-0.1, -0.05) is 12.1 Å². The number of benzene rings is 2. The zero-order valence-corrected chi connectivity index (χ0v) is 17.2. The molecular weight excluding hydrogens is 392 g/mol. The highest BCUT2D eigenvalue weighted by atomic mass is 32.2. The first-order valence-corrected chi connectivity index (χ1v) is 10.4. The van der Waals surface area contributed by atoms with Crippen LogP contribution >= 0.6 is 11.9 Å². The molecule has 1 aliphatic heterocycles. The van der Waals surface area contributed by atoms with Crippen molar-refractivity contribution in [3.05, 3.63) is 59.8 Å². The van der Waals surface area contributed by atoms with E-state index in [-0.39, 0.29) is 11.3 Å². The SMILES string of the molecule is CSn1ccc2c(-c3c(F)cc4c(c3F)-n3c(C)nnc3C(C)(C)N4)cccc21. The van der Waals surface area contributed by atoms with Crippen molar-refractivity contribution in [1.82, 2.24) is 18.7 Å². The zero-order chi connectivity index (χ0) is 20.5.